The highest BCUT2D eigenvalue weighted by molar-refractivity contribution is 5.91. The molecule has 0 atom stereocenters. The van der Waals surface area contributed by atoms with E-state index in [0.29, 0.717) is 31.9 Å². The molecule has 6 nitrogen and oxygen atoms in total. The average molecular weight is 325 g/mol. The molecule has 1 aliphatic rings. The Labute approximate surface area is 140 Å². The summed E-state index contributed by atoms with van der Waals surface area (Å²) >= 11 is 0. The van der Waals surface area contributed by atoms with Gasteiger partial charge in [-0.25, -0.2) is 4.79 Å². The standard InChI is InChI=1S/C18H19N3O3/c22-17(16-7-4-14-24-16)20-10-12-21(13-11-20)18(23)19-9-8-15-5-2-1-3-6-15/h1-9,14H,10-13H2,(H,19,23)/b9-8+. The fourth-order valence-corrected chi connectivity index (χ4v) is 2.53. The topological polar surface area (TPSA) is 65.8 Å². The number of piperazine rings is 1. The largest absolute Gasteiger partial charge is 0.459 e. The second-order valence-electron chi connectivity index (χ2n) is 5.45. The maximum atomic E-state index is 12.2. The number of nitrogens with zero attached hydrogens (tertiary/aromatic N) is 2. The Morgan fingerprint density at radius 1 is 0.958 bits per heavy atom. The van der Waals surface area contributed by atoms with Gasteiger partial charge in [0, 0.05) is 32.4 Å². The normalized spacial score (nSPS) is 14.8. The minimum Gasteiger partial charge on any atom is -0.459 e. The van der Waals surface area contributed by atoms with Gasteiger partial charge in [0.2, 0.25) is 0 Å². The Morgan fingerprint density at radius 2 is 1.67 bits per heavy atom. The molecule has 2 aromatic rings. The molecule has 1 aliphatic heterocycles. The Hall–Kier alpha value is -3.02. The molecule has 0 saturated carbocycles. The van der Waals surface area contributed by atoms with Crippen molar-refractivity contribution >= 4 is 18.0 Å². The van der Waals surface area contributed by atoms with Crippen molar-refractivity contribution in [3.05, 3.63) is 66.3 Å². The summed E-state index contributed by atoms with van der Waals surface area (Å²) in [5.41, 5.74) is 1.02. The van der Waals surface area contributed by atoms with E-state index in [1.807, 2.05) is 36.4 Å². The molecule has 0 aliphatic carbocycles. The van der Waals surface area contributed by atoms with E-state index < -0.39 is 0 Å². The quantitative estimate of drug-likeness (QED) is 0.942. The summed E-state index contributed by atoms with van der Waals surface area (Å²) in [7, 11) is 0. The first-order valence-electron chi connectivity index (χ1n) is 7.84. The third-order valence-electron chi connectivity index (χ3n) is 3.87. The Bertz CT molecular complexity index is 702. The molecule has 2 heterocycles. The molecule has 3 rings (SSSR count). The van der Waals surface area contributed by atoms with Crippen LogP contribution in [0.4, 0.5) is 4.79 Å². The van der Waals surface area contributed by atoms with E-state index in [4.69, 9.17) is 4.42 Å². The van der Waals surface area contributed by atoms with Crippen LogP contribution >= 0.6 is 0 Å². The summed E-state index contributed by atoms with van der Waals surface area (Å²) < 4.78 is 5.12. The van der Waals surface area contributed by atoms with Crippen molar-refractivity contribution in [2.45, 2.75) is 0 Å². The number of hydrogen-bond acceptors (Lipinski definition) is 3. The summed E-state index contributed by atoms with van der Waals surface area (Å²) in [5, 5.41) is 2.76. The Kier molecular flexibility index (Phi) is 4.96. The average Bonchev–Trinajstić information content (AvgIpc) is 3.17. The van der Waals surface area contributed by atoms with Gasteiger partial charge in [-0.1, -0.05) is 30.3 Å². The summed E-state index contributed by atoms with van der Waals surface area (Å²) in [6.45, 7) is 1.99. The van der Waals surface area contributed by atoms with Gasteiger partial charge < -0.3 is 19.5 Å². The van der Waals surface area contributed by atoms with Crippen molar-refractivity contribution in [1.82, 2.24) is 15.1 Å². The monoisotopic (exact) mass is 325 g/mol. The van der Waals surface area contributed by atoms with Gasteiger partial charge in [-0.2, -0.15) is 0 Å². The summed E-state index contributed by atoms with van der Waals surface area (Å²) in [6, 6.07) is 12.9. The maximum Gasteiger partial charge on any atom is 0.321 e. The van der Waals surface area contributed by atoms with Crippen LogP contribution in [0.25, 0.3) is 6.08 Å². The van der Waals surface area contributed by atoms with Crippen molar-refractivity contribution in [2.75, 3.05) is 26.2 Å². The highest BCUT2D eigenvalue weighted by Crippen LogP contribution is 2.09. The van der Waals surface area contributed by atoms with Gasteiger partial charge >= 0.3 is 6.03 Å². The zero-order chi connectivity index (χ0) is 16.8. The van der Waals surface area contributed by atoms with Crippen LogP contribution in [0.2, 0.25) is 0 Å². The van der Waals surface area contributed by atoms with E-state index in [1.54, 1.807) is 28.1 Å². The first-order valence-corrected chi connectivity index (χ1v) is 7.84. The second kappa shape index (κ2) is 7.50. The molecule has 1 aromatic heterocycles. The van der Waals surface area contributed by atoms with Gasteiger partial charge in [0.15, 0.2) is 5.76 Å². The van der Waals surface area contributed by atoms with Crippen LogP contribution in [0.5, 0.6) is 0 Å². The van der Waals surface area contributed by atoms with E-state index in [0.717, 1.165) is 5.56 Å². The lowest BCUT2D eigenvalue weighted by atomic mass is 10.2. The van der Waals surface area contributed by atoms with Gasteiger partial charge in [-0.3, -0.25) is 4.79 Å². The van der Waals surface area contributed by atoms with E-state index in [2.05, 4.69) is 5.32 Å². The van der Waals surface area contributed by atoms with Crippen molar-refractivity contribution in [3.8, 4) is 0 Å². The number of nitrogens with one attached hydrogen (secondary N) is 1. The number of furan rings is 1. The smallest absolute Gasteiger partial charge is 0.321 e. The van der Waals surface area contributed by atoms with E-state index in [9.17, 15) is 9.59 Å². The first-order chi connectivity index (χ1) is 11.7. The molecule has 24 heavy (non-hydrogen) atoms. The lowest BCUT2D eigenvalue weighted by molar-refractivity contribution is 0.0636. The molecule has 6 heteroatoms. The van der Waals surface area contributed by atoms with Crippen LogP contribution in [0.15, 0.2) is 59.3 Å². The lowest BCUT2D eigenvalue weighted by Crippen LogP contribution is -2.52. The van der Waals surface area contributed by atoms with E-state index in [-0.39, 0.29) is 11.9 Å². The number of carbonyl (C=O) groups excluding carboxylic acids is 2. The van der Waals surface area contributed by atoms with Crippen LogP contribution in [-0.2, 0) is 0 Å². The number of hydrogen-bond donors (Lipinski definition) is 1. The second-order valence-corrected chi connectivity index (χ2v) is 5.45. The van der Waals surface area contributed by atoms with Gasteiger partial charge in [0.25, 0.3) is 5.91 Å². The van der Waals surface area contributed by atoms with Crippen molar-refractivity contribution < 1.29 is 14.0 Å². The molecule has 1 saturated heterocycles. The highest BCUT2D eigenvalue weighted by Gasteiger charge is 2.25. The third-order valence-corrected chi connectivity index (χ3v) is 3.87. The number of benzene rings is 1. The number of urea groups is 1. The molecule has 1 N–H and O–H groups in total. The molecular weight excluding hydrogens is 306 g/mol. The van der Waals surface area contributed by atoms with Crippen LogP contribution in [0.1, 0.15) is 16.1 Å². The molecule has 0 spiro atoms. The van der Waals surface area contributed by atoms with Gasteiger partial charge in [-0.15, -0.1) is 0 Å². The molecule has 0 bridgehead atoms. The van der Waals surface area contributed by atoms with E-state index in [1.165, 1.54) is 6.26 Å². The summed E-state index contributed by atoms with van der Waals surface area (Å²) in [6.07, 6.45) is 4.96. The highest BCUT2D eigenvalue weighted by atomic mass is 16.3. The molecule has 0 radical (unpaired) electrons. The molecule has 0 unspecified atom stereocenters. The van der Waals surface area contributed by atoms with Crippen LogP contribution in [-0.4, -0.2) is 47.9 Å². The van der Waals surface area contributed by atoms with Crippen LogP contribution in [0.3, 0.4) is 0 Å². The van der Waals surface area contributed by atoms with Crippen LogP contribution < -0.4 is 5.32 Å². The van der Waals surface area contributed by atoms with Gasteiger partial charge in [-0.05, 0) is 23.8 Å². The molecular formula is C18H19N3O3. The number of carbonyl (C=O) groups is 2. The Balaban J connectivity index is 1.47. The molecule has 3 amide bonds. The number of amides is 3. The van der Waals surface area contributed by atoms with Crippen molar-refractivity contribution in [2.24, 2.45) is 0 Å². The van der Waals surface area contributed by atoms with Crippen molar-refractivity contribution in [3.63, 3.8) is 0 Å². The fraction of sp³-hybridized carbons (Fsp3) is 0.222. The van der Waals surface area contributed by atoms with Gasteiger partial charge in [0.1, 0.15) is 0 Å². The predicted molar refractivity (Wildman–Crippen MR) is 90.2 cm³/mol. The third kappa shape index (κ3) is 3.84. The minimum atomic E-state index is -0.160. The SMILES string of the molecule is O=C(N/C=C/c1ccccc1)N1CCN(C(=O)c2ccco2)CC1. The lowest BCUT2D eigenvalue weighted by Gasteiger charge is -2.34. The molecule has 1 aromatic carbocycles. The predicted octanol–water partition coefficient (Wildman–Crippen LogP) is 2.42. The Morgan fingerprint density at radius 3 is 2.33 bits per heavy atom. The fourth-order valence-electron chi connectivity index (χ4n) is 2.53. The summed E-state index contributed by atoms with van der Waals surface area (Å²) in [4.78, 5) is 27.7. The number of rotatable bonds is 3. The molecule has 124 valence electrons. The zero-order valence-corrected chi connectivity index (χ0v) is 13.2. The first kappa shape index (κ1) is 15.9. The maximum absolute atomic E-state index is 12.2. The molecule has 1 fully saturated rings. The van der Waals surface area contributed by atoms with Gasteiger partial charge in [0.05, 0.1) is 6.26 Å². The van der Waals surface area contributed by atoms with Crippen molar-refractivity contribution in [1.29, 1.82) is 0 Å². The van der Waals surface area contributed by atoms with E-state index >= 15 is 0 Å². The summed E-state index contributed by atoms with van der Waals surface area (Å²) in [5.74, 6) is 0.197. The van der Waals surface area contributed by atoms with Crippen LogP contribution in [0, 0.1) is 0 Å². The zero-order valence-electron chi connectivity index (χ0n) is 13.2. The minimum absolute atomic E-state index is 0.135.